The molecule has 0 spiro atoms. The van der Waals surface area contributed by atoms with Gasteiger partial charge >= 0.3 is 5.97 Å². The van der Waals surface area contributed by atoms with Crippen LogP contribution in [-0.2, 0) is 0 Å². The van der Waals surface area contributed by atoms with Crippen molar-refractivity contribution in [2.24, 2.45) is 17.8 Å². The molecule has 0 atom stereocenters. The number of hydrogen-bond acceptors (Lipinski definition) is 4. The van der Waals surface area contributed by atoms with E-state index in [1.165, 1.54) is 50.9 Å². The van der Waals surface area contributed by atoms with Crippen LogP contribution in [0.3, 0.4) is 0 Å². The molecule has 4 bridgehead atoms. The van der Waals surface area contributed by atoms with Gasteiger partial charge in [-0.05, 0) is 56.3 Å². The molecule has 4 aliphatic carbocycles. The molecule has 2 N–H and O–H groups in total. The topological polar surface area (TPSA) is 75.1 Å². The fourth-order valence-electron chi connectivity index (χ4n) is 5.00. The molecule has 1 heterocycles. The number of carbonyl (C=O) groups is 1. The summed E-state index contributed by atoms with van der Waals surface area (Å²) in [6.45, 7) is 0. The van der Waals surface area contributed by atoms with Gasteiger partial charge in [0.1, 0.15) is 0 Å². The van der Waals surface area contributed by atoms with E-state index in [9.17, 15) is 4.79 Å². The van der Waals surface area contributed by atoms with Crippen molar-refractivity contribution in [3.05, 3.63) is 18.0 Å². The van der Waals surface area contributed by atoms with Crippen molar-refractivity contribution in [2.45, 2.75) is 44.1 Å². The lowest BCUT2D eigenvalue weighted by Gasteiger charge is -2.56. The van der Waals surface area contributed by atoms with Gasteiger partial charge in [-0.25, -0.2) is 14.8 Å². The summed E-state index contributed by atoms with van der Waals surface area (Å²) in [5.74, 6) is 2.20. The first-order valence-electron chi connectivity index (χ1n) is 7.45. The summed E-state index contributed by atoms with van der Waals surface area (Å²) >= 11 is 0. The highest BCUT2D eigenvalue weighted by Crippen LogP contribution is 2.56. The standard InChI is InChI=1S/C15H19N3O2/c19-13(20)12-7-16-14(17-8-12)18-15-4-9-1-10(5-15)3-11(2-9)6-15/h7-11H,1-6H2,(H,19,20)(H,16,17,18). The molecule has 0 radical (unpaired) electrons. The average Bonchev–Trinajstić information content (AvgIpc) is 2.37. The van der Waals surface area contributed by atoms with Gasteiger partial charge in [-0.3, -0.25) is 0 Å². The smallest absolute Gasteiger partial charge is 0.338 e. The summed E-state index contributed by atoms with van der Waals surface area (Å²) in [6, 6.07) is 0. The Balaban J connectivity index is 1.55. The van der Waals surface area contributed by atoms with Gasteiger partial charge in [-0.1, -0.05) is 0 Å². The molecule has 4 aliphatic rings. The molecule has 0 amide bonds. The highest BCUT2D eigenvalue weighted by molar-refractivity contribution is 5.86. The highest BCUT2D eigenvalue weighted by atomic mass is 16.4. The van der Waals surface area contributed by atoms with E-state index in [0.717, 1.165) is 17.8 Å². The van der Waals surface area contributed by atoms with Crippen LogP contribution in [0.5, 0.6) is 0 Å². The molecule has 106 valence electrons. The summed E-state index contributed by atoms with van der Waals surface area (Å²) in [5.41, 5.74) is 0.306. The van der Waals surface area contributed by atoms with Gasteiger partial charge < -0.3 is 10.4 Å². The number of carboxylic acids is 1. The molecule has 5 rings (SSSR count). The Morgan fingerprint density at radius 1 is 1.10 bits per heavy atom. The van der Waals surface area contributed by atoms with Crippen LogP contribution < -0.4 is 5.32 Å². The van der Waals surface area contributed by atoms with Gasteiger partial charge in [-0.2, -0.15) is 0 Å². The maximum absolute atomic E-state index is 10.8. The Labute approximate surface area is 117 Å². The van der Waals surface area contributed by atoms with Crippen LogP contribution in [0.1, 0.15) is 48.9 Å². The molecule has 0 saturated heterocycles. The lowest BCUT2D eigenvalue weighted by Crippen LogP contribution is -2.55. The number of nitrogens with zero attached hydrogens (tertiary/aromatic N) is 2. The van der Waals surface area contributed by atoms with E-state index in [4.69, 9.17) is 5.11 Å². The molecule has 5 heteroatoms. The fourth-order valence-corrected chi connectivity index (χ4v) is 5.00. The van der Waals surface area contributed by atoms with Gasteiger partial charge in [0, 0.05) is 17.9 Å². The van der Waals surface area contributed by atoms with Gasteiger partial charge in [-0.15, -0.1) is 0 Å². The lowest BCUT2D eigenvalue weighted by molar-refractivity contribution is 0.0103. The second-order valence-corrected chi connectivity index (χ2v) is 6.92. The Bertz CT molecular complexity index is 505. The molecule has 4 fully saturated rings. The second-order valence-electron chi connectivity index (χ2n) is 6.92. The van der Waals surface area contributed by atoms with Crippen LogP contribution in [-0.4, -0.2) is 26.6 Å². The van der Waals surface area contributed by atoms with Crippen LogP contribution >= 0.6 is 0 Å². The van der Waals surface area contributed by atoms with Gasteiger partial charge in [0.25, 0.3) is 0 Å². The summed E-state index contributed by atoms with van der Waals surface area (Å²) in [5, 5.41) is 12.4. The first-order chi connectivity index (χ1) is 9.62. The number of carboxylic acid groups (broad SMARTS) is 1. The highest BCUT2D eigenvalue weighted by Gasteiger charge is 2.51. The van der Waals surface area contributed by atoms with Gasteiger partial charge in [0.15, 0.2) is 0 Å². The van der Waals surface area contributed by atoms with Crippen LogP contribution in [0.2, 0.25) is 0 Å². The molecule has 20 heavy (non-hydrogen) atoms. The quantitative estimate of drug-likeness (QED) is 0.885. The number of anilines is 1. The van der Waals surface area contributed by atoms with E-state index in [-0.39, 0.29) is 11.1 Å². The molecular weight excluding hydrogens is 254 g/mol. The molecule has 1 aromatic heterocycles. The van der Waals surface area contributed by atoms with Gasteiger partial charge in [0.05, 0.1) is 5.56 Å². The van der Waals surface area contributed by atoms with E-state index < -0.39 is 5.97 Å². The Kier molecular flexibility index (Phi) is 2.53. The van der Waals surface area contributed by atoms with Crippen LogP contribution in [0.25, 0.3) is 0 Å². The number of rotatable bonds is 3. The van der Waals surface area contributed by atoms with Crippen molar-refractivity contribution in [1.29, 1.82) is 0 Å². The average molecular weight is 273 g/mol. The van der Waals surface area contributed by atoms with Crippen LogP contribution in [0.4, 0.5) is 5.95 Å². The van der Waals surface area contributed by atoms with Crippen molar-refractivity contribution in [2.75, 3.05) is 5.32 Å². The summed E-state index contributed by atoms with van der Waals surface area (Å²) in [4.78, 5) is 19.2. The zero-order valence-electron chi connectivity index (χ0n) is 11.4. The predicted molar refractivity (Wildman–Crippen MR) is 73.5 cm³/mol. The molecule has 0 aromatic carbocycles. The monoisotopic (exact) mass is 273 g/mol. The maximum Gasteiger partial charge on any atom is 0.338 e. The molecule has 5 nitrogen and oxygen atoms in total. The van der Waals surface area contributed by atoms with E-state index in [2.05, 4.69) is 15.3 Å². The van der Waals surface area contributed by atoms with Crippen LogP contribution in [0.15, 0.2) is 12.4 Å². The number of hydrogen-bond donors (Lipinski definition) is 2. The second kappa shape index (κ2) is 4.17. The Hall–Kier alpha value is -1.65. The van der Waals surface area contributed by atoms with Crippen molar-refractivity contribution in [3.63, 3.8) is 0 Å². The minimum absolute atomic E-state index is 0.140. The summed E-state index contributed by atoms with van der Waals surface area (Å²) < 4.78 is 0. The third kappa shape index (κ3) is 1.96. The van der Waals surface area contributed by atoms with Gasteiger partial charge in [0.2, 0.25) is 5.95 Å². The zero-order chi connectivity index (χ0) is 13.7. The van der Waals surface area contributed by atoms with Crippen molar-refractivity contribution in [3.8, 4) is 0 Å². The minimum atomic E-state index is -0.980. The Morgan fingerprint density at radius 3 is 2.05 bits per heavy atom. The number of nitrogens with one attached hydrogen (secondary N) is 1. The van der Waals surface area contributed by atoms with E-state index in [1.807, 2.05) is 0 Å². The van der Waals surface area contributed by atoms with Crippen LogP contribution in [0, 0.1) is 17.8 Å². The molecular formula is C15H19N3O2. The largest absolute Gasteiger partial charge is 0.478 e. The minimum Gasteiger partial charge on any atom is -0.478 e. The number of aromatic nitrogens is 2. The first kappa shape index (κ1) is 12.1. The lowest BCUT2D eigenvalue weighted by atomic mass is 9.53. The molecule has 0 unspecified atom stereocenters. The van der Waals surface area contributed by atoms with Crippen molar-refractivity contribution in [1.82, 2.24) is 9.97 Å². The normalized spacial score (nSPS) is 37.9. The fraction of sp³-hybridized carbons (Fsp3) is 0.667. The SMILES string of the molecule is O=C(O)c1cnc(NC23CC4CC(CC(C4)C2)C3)nc1. The summed E-state index contributed by atoms with van der Waals surface area (Å²) in [7, 11) is 0. The first-order valence-corrected chi connectivity index (χ1v) is 7.45. The van der Waals surface area contributed by atoms with Crippen molar-refractivity contribution < 1.29 is 9.90 Å². The van der Waals surface area contributed by atoms with E-state index >= 15 is 0 Å². The molecule has 1 aromatic rings. The Morgan fingerprint density at radius 2 is 1.60 bits per heavy atom. The third-order valence-electron chi connectivity index (χ3n) is 5.31. The van der Waals surface area contributed by atoms with E-state index in [1.54, 1.807) is 0 Å². The predicted octanol–water partition coefficient (Wildman–Crippen LogP) is 2.56. The van der Waals surface area contributed by atoms with E-state index in [0.29, 0.717) is 5.95 Å². The van der Waals surface area contributed by atoms with Crippen molar-refractivity contribution >= 4 is 11.9 Å². The number of aromatic carboxylic acids is 1. The molecule has 0 aliphatic heterocycles. The third-order valence-corrected chi connectivity index (χ3v) is 5.31. The maximum atomic E-state index is 10.8. The molecule has 4 saturated carbocycles. The summed E-state index contributed by atoms with van der Waals surface area (Å²) in [6.07, 6.45) is 10.7. The zero-order valence-corrected chi connectivity index (χ0v) is 11.4.